The van der Waals surface area contributed by atoms with Crippen LogP contribution in [0.1, 0.15) is 68.6 Å². The highest BCUT2D eigenvalue weighted by Crippen LogP contribution is 2.41. The molecule has 3 aromatic rings. The summed E-state index contributed by atoms with van der Waals surface area (Å²) in [5.41, 5.74) is 2.14. The van der Waals surface area contributed by atoms with Crippen LogP contribution in [0.3, 0.4) is 0 Å². The Hall–Kier alpha value is -4.38. The fourth-order valence-corrected chi connectivity index (χ4v) is 5.57. The van der Waals surface area contributed by atoms with E-state index in [1.54, 1.807) is 50.2 Å². The topological polar surface area (TPSA) is 136 Å². The maximum Gasteiger partial charge on any atom is 0.341 e. The van der Waals surface area contributed by atoms with Crippen LogP contribution in [0.4, 0.5) is 10.7 Å². The number of fused-ring (bicyclic) bond motifs is 1. The number of imide groups is 1. The van der Waals surface area contributed by atoms with Gasteiger partial charge in [0.05, 0.1) is 22.7 Å². The molecule has 0 saturated heterocycles. The molecular formula is C28H27N3O7S. The summed E-state index contributed by atoms with van der Waals surface area (Å²) in [5, 5.41) is 14.2. The molecule has 0 fully saturated rings. The Balaban J connectivity index is 1.37. The molecule has 0 bridgehead atoms. The minimum absolute atomic E-state index is 0.0687. The minimum Gasteiger partial charge on any atom is -0.462 e. The molecule has 0 aliphatic carbocycles. The number of ether oxygens (including phenoxy) is 1. The van der Waals surface area contributed by atoms with Crippen LogP contribution in [0.25, 0.3) is 11.1 Å². The predicted molar refractivity (Wildman–Crippen MR) is 146 cm³/mol. The quantitative estimate of drug-likeness (QED) is 0.108. The molecule has 1 N–H and O–H groups in total. The van der Waals surface area contributed by atoms with Gasteiger partial charge in [-0.15, -0.1) is 11.3 Å². The van der Waals surface area contributed by atoms with Crippen LogP contribution in [-0.2, 0) is 9.53 Å². The van der Waals surface area contributed by atoms with Crippen LogP contribution < -0.4 is 5.32 Å². The summed E-state index contributed by atoms with van der Waals surface area (Å²) in [4.78, 5) is 63.1. The van der Waals surface area contributed by atoms with Crippen LogP contribution in [0.15, 0.2) is 48.5 Å². The number of hydrogen-bond acceptors (Lipinski definition) is 8. The van der Waals surface area contributed by atoms with Crippen LogP contribution in [0.5, 0.6) is 0 Å². The lowest BCUT2D eigenvalue weighted by molar-refractivity contribution is -0.384. The lowest BCUT2D eigenvalue weighted by atomic mass is 10.0. The molecule has 10 nitrogen and oxygen atoms in total. The fourth-order valence-electron chi connectivity index (χ4n) is 4.49. The van der Waals surface area contributed by atoms with Crippen LogP contribution >= 0.6 is 11.3 Å². The summed E-state index contributed by atoms with van der Waals surface area (Å²) in [6.07, 6.45) is 1.91. The molecule has 0 spiro atoms. The maximum atomic E-state index is 12.9. The van der Waals surface area contributed by atoms with Gasteiger partial charge in [-0.3, -0.25) is 29.4 Å². The Kier molecular flexibility index (Phi) is 8.50. The van der Waals surface area contributed by atoms with Crippen molar-refractivity contribution in [2.45, 2.75) is 39.5 Å². The number of benzene rings is 2. The van der Waals surface area contributed by atoms with Crippen molar-refractivity contribution < 1.29 is 28.8 Å². The second-order valence-corrected chi connectivity index (χ2v) is 10.2. The Morgan fingerprint density at radius 1 is 1.00 bits per heavy atom. The molecule has 0 atom stereocenters. The number of carbonyl (C=O) groups is 4. The highest BCUT2D eigenvalue weighted by Gasteiger charge is 2.34. The SMILES string of the molecule is CCOC(=O)c1c(NC(=O)CCCCCN2C(=O)c3ccccc3C2=O)sc(C)c1-c1ccc([N+](=O)[O-])cc1. The summed E-state index contributed by atoms with van der Waals surface area (Å²) in [5.74, 6) is -1.46. The van der Waals surface area contributed by atoms with Crippen LogP contribution in [-0.4, -0.2) is 46.7 Å². The zero-order valence-electron chi connectivity index (χ0n) is 21.5. The first-order chi connectivity index (χ1) is 18.7. The number of nitro benzene ring substituents is 1. The lowest BCUT2D eigenvalue weighted by Crippen LogP contribution is -2.30. The largest absolute Gasteiger partial charge is 0.462 e. The van der Waals surface area contributed by atoms with Gasteiger partial charge < -0.3 is 10.1 Å². The van der Waals surface area contributed by atoms with E-state index in [1.165, 1.54) is 28.4 Å². The van der Waals surface area contributed by atoms with E-state index < -0.39 is 10.9 Å². The van der Waals surface area contributed by atoms with E-state index in [2.05, 4.69) is 5.32 Å². The predicted octanol–water partition coefficient (Wildman–Crippen LogP) is 5.60. The number of aryl methyl sites for hydroxylation is 1. The first kappa shape index (κ1) is 27.6. The molecule has 39 heavy (non-hydrogen) atoms. The normalized spacial score (nSPS) is 12.4. The molecule has 0 saturated carbocycles. The van der Waals surface area contributed by atoms with Gasteiger partial charge in [-0.25, -0.2) is 4.79 Å². The average molecular weight is 550 g/mol. The molecule has 2 aromatic carbocycles. The number of nitro groups is 1. The van der Waals surface area contributed by atoms with E-state index in [1.807, 2.05) is 0 Å². The minimum atomic E-state index is -0.591. The number of rotatable bonds is 11. The maximum absolute atomic E-state index is 12.9. The van der Waals surface area contributed by atoms with Crippen molar-refractivity contribution >= 4 is 45.7 Å². The molecule has 0 unspecified atom stereocenters. The van der Waals surface area contributed by atoms with Crippen molar-refractivity contribution in [3.63, 3.8) is 0 Å². The number of hydrogen-bond donors (Lipinski definition) is 1. The number of carbonyl (C=O) groups excluding carboxylic acids is 4. The van der Waals surface area contributed by atoms with Crippen LogP contribution in [0, 0.1) is 17.0 Å². The third-order valence-electron chi connectivity index (χ3n) is 6.35. The molecule has 1 aromatic heterocycles. The summed E-state index contributed by atoms with van der Waals surface area (Å²) >= 11 is 1.24. The fraction of sp³-hybridized carbons (Fsp3) is 0.286. The molecule has 202 valence electrons. The summed E-state index contributed by atoms with van der Waals surface area (Å²) < 4.78 is 5.24. The number of nitrogens with zero attached hydrogens (tertiary/aromatic N) is 2. The highest BCUT2D eigenvalue weighted by molar-refractivity contribution is 7.17. The van der Waals surface area contributed by atoms with E-state index in [9.17, 15) is 29.3 Å². The van der Waals surface area contributed by atoms with Gasteiger partial charge in [0.25, 0.3) is 17.5 Å². The van der Waals surface area contributed by atoms with Crippen molar-refractivity contribution in [2.75, 3.05) is 18.5 Å². The van der Waals surface area contributed by atoms with E-state index in [0.717, 1.165) is 4.88 Å². The number of esters is 1. The molecule has 1 aliphatic heterocycles. The molecule has 2 heterocycles. The van der Waals surface area contributed by atoms with Gasteiger partial charge in [-0.2, -0.15) is 0 Å². The van der Waals surface area contributed by atoms with Crippen molar-refractivity contribution in [1.29, 1.82) is 0 Å². The molecular weight excluding hydrogens is 522 g/mol. The van der Waals surface area contributed by atoms with Crippen molar-refractivity contribution in [3.8, 4) is 11.1 Å². The highest BCUT2D eigenvalue weighted by atomic mass is 32.1. The number of amides is 3. The van der Waals surface area contributed by atoms with Gasteiger partial charge in [0.15, 0.2) is 0 Å². The Morgan fingerprint density at radius 3 is 2.23 bits per heavy atom. The third kappa shape index (κ3) is 5.88. The second-order valence-electron chi connectivity index (χ2n) is 8.93. The Bertz CT molecular complexity index is 1410. The molecule has 3 amide bonds. The summed E-state index contributed by atoms with van der Waals surface area (Å²) in [7, 11) is 0. The van der Waals surface area contributed by atoms with Gasteiger partial charge in [-0.05, 0) is 56.5 Å². The number of anilines is 1. The number of unbranched alkanes of at least 4 members (excludes halogenated alkanes) is 2. The molecule has 1 aliphatic rings. The van der Waals surface area contributed by atoms with Crippen molar-refractivity contribution in [1.82, 2.24) is 4.90 Å². The van der Waals surface area contributed by atoms with Crippen molar-refractivity contribution in [3.05, 3.63) is 80.2 Å². The Labute approximate surface area is 228 Å². The second kappa shape index (κ2) is 12.0. The molecule has 4 rings (SSSR count). The number of non-ortho nitro benzene ring substituents is 1. The van der Waals surface area contributed by atoms with Gasteiger partial charge in [0, 0.05) is 35.5 Å². The van der Waals surface area contributed by atoms with Gasteiger partial charge >= 0.3 is 5.97 Å². The Morgan fingerprint density at radius 2 is 1.64 bits per heavy atom. The van der Waals surface area contributed by atoms with E-state index in [0.29, 0.717) is 46.5 Å². The summed E-state index contributed by atoms with van der Waals surface area (Å²) in [6.45, 7) is 3.92. The molecule has 0 radical (unpaired) electrons. The molecule has 11 heteroatoms. The first-order valence-corrected chi connectivity index (χ1v) is 13.3. The van der Waals surface area contributed by atoms with Gasteiger partial charge in [0.1, 0.15) is 10.6 Å². The van der Waals surface area contributed by atoms with Gasteiger partial charge in [0.2, 0.25) is 5.91 Å². The lowest BCUT2D eigenvalue weighted by Gasteiger charge is -2.13. The average Bonchev–Trinajstić information content (AvgIpc) is 3.37. The first-order valence-electron chi connectivity index (χ1n) is 12.5. The monoisotopic (exact) mass is 549 g/mol. The van der Waals surface area contributed by atoms with Crippen molar-refractivity contribution in [2.24, 2.45) is 0 Å². The zero-order chi connectivity index (χ0) is 28.1. The van der Waals surface area contributed by atoms with Crippen LogP contribution in [0.2, 0.25) is 0 Å². The smallest absolute Gasteiger partial charge is 0.341 e. The summed E-state index contributed by atoms with van der Waals surface area (Å²) in [6, 6.07) is 12.6. The standard InChI is InChI=1S/C28H27N3O7S/c1-3-38-28(35)24-23(18-12-14-19(15-13-18)31(36)37)17(2)39-25(24)29-22(32)11-5-4-8-16-30-26(33)20-9-6-7-10-21(20)27(30)34/h6-7,9-10,12-15H,3-5,8,11,16H2,1-2H3,(H,29,32). The van der Waals surface area contributed by atoms with E-state index in [-0.39, 0.29) is 48.5 Å². The van der Waals surface area contributed by atoms with E-state index >= 15 is 0 Å². The zero-order valence-corrected chi connectivity index (χ0v) is 22.3. The number of thiophene rings is 1. The third-order valence-corrected chi connectivity index (χ3v) is 7.37. The number of nitrogens with one attached hydrogen (secondary N) is 1. The van der Waals surface area contributed by atoms with E-state index in [4.69, 9.17) is 4.74 Å². The van der Waals surface area contributed by atoms with Gasteiger partial charge in [-0.1, -0.05) is 18.6 Å².